The molecule has 1 aromatic heterocycles. The number of halogens is 1. The molecule has 3 aromatic rings. The van der Waals surface area contributed by atoms with Gasteiger partial charge in [0, 0.05) is 17.1 Å². The minimum Gasteiger partial charge on any atom is -0.483 e. The molecular weight excluding hydrogens is 410 g/mol. The van der Waals surface area contributed by atoms with Gasteiger partial charge in [-0.1, -0.05) is 45.4 Å². The summed E-state index contributed by atoms with van der Waals surface area (Å²) in [4.78, 5) is 18.2. The zero-order valence-electron chi connectivity index (χ0n) is 15.4. The third kappa shape index (κ3) is 4.95. The minimum atomic E-state index is -0.168. The Bertz CT molecular complexity index is 955. The van der Waals surface area contributed by atoms with Crippen molar-refractivity contribution in [2.45, 2.75) is 20.4 Å². The van der Waals surface area contributed by atoms with Gasteiger partial charge in [0.25, 0.3) is 5.91 Å². The van der Waals surface area contributed by atoms with E-state index in [1.165, 1.54) is 4.90 Å². The number of hydrogen-bond acceptors (Lipinski definition) is 5. The summed E-state index contributed by atoms with van der Waals surface area (Å²) in [5, 5.41) is 3.98. The number of amides is 1. The van der Waals surface area contributed by atoms with E-state index in [0.29, 0.717) is 17.5 Å². The molecule has 0 fully saturated rings. The monoisotopic (exact) mass is 429 g/mol. The number of rotatable bonds is 6. The van der Waals surface area contributed by atoms with Crippen molar-refractivity contribution in [3.8, 4) is 17.1 Å². The van der Waals surface area contributed by atoms with E-state index in [9.17, 15) is 4.79 Å². The van der Waals surface area contributed by atoms with Gasteiger partial charge in [-0.05, 0) is 43.2 Å². The lowest BCUT2D eigenvalue weighted by Crippen LogP contribution is -2.31. The van der Waals surface area contributed by atoms with Crippen LogP contribution in [0.3, 0.4) is 0 Å². The van der Waals surface area contributed by atoms with Gasteiger partial charge in [0.2, 0.25) is 11.7 Å². The zero-order valence-corrected chi connectivity index (χ0v) is 17.0. The van der Waals surface area contributed by atoms with E-state index in [1.807, 2.05) is 56.3 Å². The van der Waals surface area contributed by atoms with Crippen molar-refractivity contribution >= 4 is 21.8 Å². The Kier molecular flexibility index (Phi) is 5.91. The summed E-state index contributed by atoms with van der Waals surface area (Å²) >= 11 is 3.42. The topological polar surface area (TPSA) is 68.5 Å². The largest absolute Gasteiger partial charge is 0.483 e. The Balaban J connectivity index is 1.59. The quantitative estimate of drug-likeness (QED) is 0.588. The number of benzene rings is 2. The van der Waals surface area contributed by atoms with Crippen molar-refractivity contribution in [2.24, 2.45) is 0 Å². The van der Waals surface area contributed by atoms with Crippen LogP contribution in [0.25, 0.3) is 11.4 Å². The summed E-state index contributed by atoms with van der Waals surface area (Å²) < 4.78 is 11.9. The molecule has 27 heavy (non-hydrogen) atoms. The number of nitrogens with zero attached hydrogens (tertiary/aromatic N) is 3. The van der Waals surface area contributed by atoms with Crippen molar-refractivity contribution in [3.05, 3.63) is 64.0 Å². The van der Waals surface area contributed by atoms with Crippen molar-refractivity contribution in [1.29, 1.82) is 0 Å². The van der Waals surface area contributed by atoms with Crippen LogP contribution in [0.5, 0.6) is 5.75 Å². The molecule has 0 unspecified atom stereocenters. The SMILES string of the molecule is Cc1ccc(C)c(OCC(=O)N(C)Cc2nc(-c3cccc(Br)c3)no2)c1. The molecule has 0 N–H and O–H groups in total. The second-order valence-corrected chi connectivity index (χ2v) is 7.25. The van der Waals surface area contributed by atoms with E-state index >= 15 is 0 Å². The molecular formula is C20H20BrN3O3. The Morgan fingerprint density at radius 3 is 2.81 bits per heavy atom. The molecule has 0 radical (unpaired) electrons. The lowest BCUT2D eigenvalue weighted by Gasteiger charge is -2.16. The molecule has 0 aliphatic rings. The maximum Gasteiger partial charge on any atom is 0.260 e. The van der Waals surface area contributed by atoms with E-state index in [1.54, 1.807) is 7.05 Å². The lowest BCUT2D eigenvalue weighted by molar-refractivity contribution is -0.132. The Hall–Kier alpha value is -2.67. The summed E-state index contributed by atoms with van der Waals surface area (Å²) in [6.07, 6.45) is 0. The molecule has 3 rings (SSSR count). The van der Waals surface area contributed by atoms with Crippen LogP contribution in [0.1, 0.15) is 17.0 Å². The number of carbonyl (C=O) groups is 1. The van der Waals surface area contributed by atoms with Crippen LogP contribution >= 0.6 is 15.9 Å². The number of likely N-dealkylation sites (N-methyl/N-ethyl adjacent to an activating group) is 1. The zero-order chi connectivity index (χ0) is 19.4. The fraction of sp³-hybridized carbons (Fsp3) is 0.250. The number of aromatic nitrogens is 2. The van der Waals surface area contributed by atoms with Crippen LogP contribution in [0.4, 0.5) is 0 Å². The summed E-state index contributed by atoms with van der Waals surface area (Å²) in [5.74, 6) is 1.40. The van der Waals surface area contributed by atoms with Gasteiger partial charge in [-0.15, -0.1) is 0 Å². The van der Waals surface area contributed by atoms with E-state index in [-0.39, 0.29) is 19.1 Å². The fourth-order valence-electron chi connectivity index (χ4n) is 2.47. The first-order chi connectivity index (χ1) is 12.9. The molecule has 140 valence electrons. The molecule has 6 nitrogen and oxygen atoms in total. The number of ether oxygens (including phenoxy) is 1. The van der Waals surface area contributed by atoms with E-state index in [4.69, 9.17) is 9.26 Å². The van der Waals surface area contributed by atoms with E-state index < -0.39 is 0 Å². The van der Waals surface area contributed by atoms with Crippen LogP contribution in [-0.4, -0.2) is 34.6 Å². The molecule has 0 aliphatic heterocycles. The molecule has 1 amide bonds. The average molecular weight is 430 g/mol. The molecule has 0 saturated heterocycles. The van der Waals surface area contributed by atoms with Crippen molar-refractivity contribution in [1.82, 2.24) is 15.0 Å². The van der Waals surface area contributed by atoms with Crippen LogP contribution in [-0.2, 0) is 11.3 Å². The summed E-state index contributed by atoms with van der Waals surface area (Å²) in [6.45, 7) is 4.10. The Labute approximate surface area is 166 Å². The van der Waals surface area contributed by atoms with Gasteiger partial charge >= 0.3 is 0 Å². The van der Waals surface area contributed by atoms with Crippen LogP contribution in [0.15, 0.2) is 51.5 Å². The predicted molar refractivity (Wildman–Crippen MR) is 105 cm³/mol. The molecule has 1 heterocycles. The van der Waals surface area contributed by atoms with Gasteiger partial charge in [-0.2, -0.15) is 4.98 Å². The van der Waals surface area contributed by atoms with Crippen LogP contribution in [0.2, 0.25) is 0 Å². The number of aryl methyl sites for hydroxylation is 2. The third-order valence-electron chi connectivity index (χ3n) is 4.04. The smallest absolute Gasteiger partial charge is 0.260 e. The normalized spacial score (nSPS) is 10.7. The van der Waals surface area contributed by atoms with E-state index in [0.717, 1.165) is 21.2 Å². The van der Waals surface area contributed by atoms with Crippen molar-refractivity contribution < 1.29 is 14.1 Å². The summed E-state index contributed by atoms with van der Waals surface area (Å²) in [7, 11) is 1.68. The molecule has 2 aromatic carbocycles. The standard InChI is InChI=1S/C20H20BrN3O3/c1-13-7-8-14(2)17(9-13)26-12-19(25)24(3)11-18-22-20(23-27-18)15-5-4-6-16(21)10-15/h4-10H,11-12H2,1-3H3. The van der Waals surface area contributed by atoms with Crippen molar-refractivity contribution in [3.63, 3.8) is 0 Å². The number of hydrogen-bond donors (Lipinski definition) is 0. The third-order valence-corrected chi connectivity index (χ3v) is 4.54. The van der Waals surface area contributed by atoms with Gasteiger partial charge < -0.3 is 14.2 Å². The van der Waals surface area contributed by atoms with Gasteiger partial charge in [0.05, 0.1) is 6.54 Å². The number of carbonyl (C=O) groups excluding carboxylic acids is 1. The first-order valence-electron chi connectivity index (χ1n) is 8.45. The Morgan fingerprint density at radius 1 is 1.22 bits per heavy atom. The maximum atomic E-state index is 12.3. The highest BCUT2D eigenvalue weighted by atomic mass is 79.9. The Morgan fingerprint density at radius 2 is 2.04 bits per heavy atom. The molecule has 0 aliphatic carbocycles. The molecule has 7 heteroatoms. The second-order valence-electron chi connectivity index (χ2n) is 6.33. The first-order valence-corrected chi connectivity index (χ1v) is 9.24. The van der Waals surface area contributed by atoms with Crippen LogP contribution < -0.4 is 4.74 Å². The maximum absolute atomic E-state index is 12.3. The second kappa shape index (κ2) is 8.35. The molecule has 0 bridgehead atoms. The van der Waals surface area contributed by atoms with Gasteiger partial charge in [0.15, 0.2) is 6.61 Å². The minimum absolute atomic E-state index is 0.0482. The first kappa shape index (κ1) is 19.1. The molecule has 0 saturated carbocycles. The van der Waals surface area contributed by atoms with Crippen molar-refractivity contribution in [2.75, 3.05) is 13.7 Å². The summed E-state index contributed by atoms with van der Waals surface area (Å²) in [5.41, 5.74) is 2.92. The van der Waals surface area contributed by atoms with Gasteiger partial charge in [-0.3, -0.25) is 4.79 Å². The fourth-order valence-corrected chi connectivity index (χ4v) is 2.87. The molecule has 0 atom stereocenters. The van der Waals surface area contributed by atoms with Gasteiger partial charge in [-0.25, -0.2) is 0 Å². The highest BCUT2D eigenvalue weighted by molar-refractivity contribution is 9.10. The van der Waals surface area contributed by atoms with Gasteiger partial charge in [0.1, 0.15) is 5.75 Å². The highest BCUT2D eigenvalue weighted by Gasteiger charge is 2.16. The highest BCUT2D eigenvalue weighted by Crippen LogP contribution is 2.21. The predicted octanol–water partition coefficient (Wildman–Crippen LogP) is 4.15. The van der Waals surface area contributed by atoms with Crippen LogP contribution in [0, 0.1) is 13.8 Å². The lowest BCUT2D eigenvalue weighted by atomic mass is 10.1. The summed E-state index contributed by atoms with van der Waals surface area (Å²) in [6, 6.07) is 13.5. The average Bonchev–Trinajstić information content (AvgIpc) is 3.10. The molecule has 0 spiro atoms. The van der Waals surface area contributed by atoms with E-state index in [2.05, 4.69) is 26.1 Å².